The minimum absolute atomic E-state index is 0.146. The van der Waals surface area contributed by atoms with Crippen LogP contribution in [0.1, 0.15) is 13.3 Å². The van der Waals surface area contributed by atoms with Crippen LogP contribution in [0.5, 0.6) is 5.75 Å². The predicted molar refractivity (Wildman–Crippen MR) is 94.0 cm³/mol. The van der Waals surface area contributed by atoms with Gasteiger partial charge in [-0.1, -0.05) is 0 Å². The number of rotatable bonds is 6. The van der Waals surface area contributed by atoms with Crippen LogP contribution in [-0.4, -0.2) is 63.1 Å². The summed E-state index contributed by atoms with van der Waals surface area (Å²) in [5, 5.41) is 0. The molecule has 0 spiro atoms. The molecule has 8 nitrogen and oxygen atoms in total. The van der Waals surface area contributed by atoms with Gasteiger partial charge in [0.2, 0.25) is 5.91 Å². The molecule has 1 aromatic carbocycles. The first kappa shape index (κ1) is 18.3. The van der Waals surface area contributed by atoms with E-state index in [1.165, 1.54) is 4.90 Å². The first-order valence-electron chi connectivity index (χ1n) is 9.05. The first-order valence-corrected chi connectivity index (χ1v) is 9.05. The number of anilines is 1. The van der Waals surface area contributed by atoms with Crippen molar-refractivity contribution in [2.45, 2.75) is 19.4 Å². The molecule has 8 heteroatoms. The number of amides is 3. The van der Waals surface area contributed by atoms with Crippen LogP contribution < -0.4 is 25.2 Å². The molecule has 0 aromatic heterocycles. The fraction of sp³-hybridized carbons (Fsp3) is 0.500. The molecule has 0 unspecified atom stereocenters. The maximum Gasteiger partial charge on any atom is 0.292 e. The smallest absolute Gasteiger partial charge is 0.292 e. The molecular weight excluding hydrogens is 336 g/mol. The number of piperazine rings is 1. The van der Waals surface area contributed by atoms with Gasteiger partial charge < -0.3 is 20.3 Å². The second kappa shape index (κ2) is 7.84. The molecule has 2 fully saturated rings. The molecule has 2 aliphatic heterocycles. The van der Waals surface area contributed by atoms with Gasteiger partial charge in [-0.2, -0.15) is 0 Å². The molecule has 3 rings (SSSR count). The summed E-state index contributed by atoms with van der Waals surface area (Å²) in [5.74, 6) is 0.0967. The summed E-state index contributed by atoms with van der Waals surface area (Å²) in [4.78, 5) is 39.9. The molecule has 2 heterocycles. The summed E-state index contributed by atoms with van der Waals surface area (Å²) < 4.78 is 5.40. The van der Waals surface area contributed by atoms with Crippen molar-refractivity contribution >= 4 is 23.4 Å². The zero-order chi connectivity index (χ0) is 18.7. The van der Waals surface area contributed by atoms with Gasteiger partial charge in [0.25, 0.3) is 11.8 Å². The van der Waals surface area contributed by atoms with E-state index >= 15 is 0 Å². The molecular formula is C18H26N4O4+2. The lowest BCUT2D eigenvalue weighted by atomic mass is 10.1. The SMILES string of the molecule is CCOc1ccc(N2C(=O)C[C@H]([NH+]3CC[NH+](CC(N)=O)CC3)C2=O)cc1. The van der Waals surface area contributed by atoms with Gasteiger partial charge in [-0.05, 0) is 31.2 Å². The lowest BCUT2D eigenvalue weighted by Crippen LogP contribution is -3.30. The molecule has 2 saturated heterocycles. The van der Waals surface area contributed by atoms with Crippen molar-refractivity contribution < 1.29 is 28.9 Å². The molecule has 0 aliphatic carbocycles. The number of benzene rings is 1. The number of hydrogen-bond acceptors (Lipinski definition) is 4. The van der Waals surface area contributed by atoms with Crippen LogP contribution in [0.15, 0.2) is 24.3 Å². The number of nitrogens with zero attached hydrogens (tertiary/aromatic N) is 1. The number of carbonyl (C=O) groups excluding carboxylic acids is 3. The average molecular weight is 362 g/mol. The van der Waals surface area contributed by atoms with Crippen molar-refractivity contribution in [3.63, 3.8) is 0 Å². The molecule has 1 atom stereocenters. The Morgan fingerprint density at radius 3 is 2.42 bits per heavy atom. The number of carbonyl (C=O) groups is 3. The molecule has 0 saturated carbocycles. The fourth-order valence-corrected chi connectivity index (χ4v) is 3.78. The molecule has 140 valence electrons. The summed E-state index contributed by atoms with van der Waals surface area (Å²) in [6.45, 7) is 5.85. The van der Waals surface area contributed by atoms with Gasteiger partial charge in [0.05, 0.1) is 18.7 Å². The number of quaternary nitrogens is 2. The zero-order valence-electron chi connectivity index (χ0n) is 15.0. The Bertz CT molecular complexity index is 683. The Balaban J connectivity index is 1.65. The van der Waals surface area contributed by atoms with Crippen LogP contribution in [0.25, 0.3) is 0 Å². The molecule has 0 radical (unpaired) electrons. The van der Waals surface area contributed by atoms with Crippen molar-refractivity contribution in [1.29, 1.82) is 0 Å². The van der Waals surface area contributed by atoms with Crippen LogP contribution in [0.2, 0.25) is 0 Å². The molecule has 1 aromatic rings. The summed E-state index contributed by atoms with van der Waals surface area (Å²) >= 11 is 0. The molecule has 3 amide bonds. The number of primary amides is 1. The van der Waals surface area contributed by atoms with E-state index in [0.29, 0.717) is 24.6 Å². The van der Waals surface area contributed by atoms with Gasteiger partial charge in [-0.3, -0.25) is 14.4 Å². The predicted octanol–water partition coefficient (Wildman–Crippen LogP) is -3.01. The van der Waals surface area contributed by atoms with Gasteiger partial charge in [0.1, 0.15) is 31.9 Å². The highest BCUT2D eigenvalue weighted by Gasteiger charge is 2.47. The topological polar surface area (TPSA) is 98.6 Å². The molecule has 0 bridgehead atoms. The van der Waals surface area contributed by atoms with Gasteiger partial charge >= 0.3 is 0 Å². The third-order valence-electron chi connectivity index (χ3n) is 5.07. The normalized spacial score (nSPS) is 26.2. The highest BCUT2D eigenvalue weighted by molar-refractivity contribution is 6.21. The lowest BCUT2D eigenvalue weighted by molar-refractivity contribution is -1.02. The highest BCUT2D eigenvalue weighted by atomic mass is 16.5. The third kappa shape index (κ3) is 3.86. The number of imide groups is 1. The minimum atomic E-state index is -0.343. The quantitative estimate of drug-likeness (QED) is 0.470. The van der Waals surface area contributed by atoms with Crippen molar-refractivity contribution in [3.05, 3.63) is 24.3 Å². The number of ether oxygens (including phenoxy) is 1. The van der Waals surface area contributed by atoms with E-state index in [0.717, 1.165) is 36.0 Å². The van der Waals surface area contributed by atoms with Crippen molar-refractivity contribution in [2.75, 3.05) is 44.2 Å². The summed E-state index contributed by atoms with van der Waals surface area (Å²) in [6, 6.07) is 6.68. The van der Waals surface area contributed by atoms with E-state index in [1.54, 1.807) is 24.3 Å². The van der Waals surface area contributed by atoms with Crippen LogP contribution in [0.3, 0.4) is 0 Å². The number of nitrogens with one attached hydrogen (secondary N) is 2. The number of hydrogen-bond donors (Lipinski definition) is 3. The Morgan fingerprint density at radius 1 is 1.19 bits per heavy atom. The molecule has 4 N–H and O–H groups in total. The molecule has 26 heavy (non-hydrogen) atoms. The minimum Gasteiger partial charge on any atom is -0.494 e. The Hall–Kier alpha value is -2.45. The van der Waals surface area contributed by atoms with Crippen molar-refractivity contribution in [2.24, 2.45) is 5.73 Å². The second-order valence-corrected chi connectivity index (χ2v) is 6.80. The van der Waals surface area contributed by atoms with Gasteiger partial charge in [0.15, 0.2) is 12.6 Å². The second-order valence-electron chi connectivity index (χ2n) is 6.80. The average Bonchev–Trinajstić information content (AvgIpc) is 2.91. The lowest BCUT2D eigenvalue weighted by Gasteiger charge is -2.31. The van der Waals surface area contributed by atoms with Crippen LogP contribution in [-0.2, 0) is 14.4 Å². The fourth-order valence-electron chi connectivity index (χ4n) is 3.78. The van der Waals surface area contributed by atoms with E-state index in [4.69, 9.17) is 10.5 Å². The standard InChI is InChI=1S/C18H24N4O4/c1-2-26-14-5-3-13(4-6-14)22-17(24)11-15(18(22)25)21-9-7-20(8-10-21)12-16(19)23/h3-6,15H,2,7-12H2,1H3,(H2,19,23)/p+2/t15-/m0/s1. The van der Waals surface area contributed by atoms with E-state index in [-0.39, 0.29) is 30.2 Å². The maximum atomic E-state index is 12.9. The Labute approximate surface area is 152 Å². The maximum absolute atomic E-state index is 12.9. The Kier molecular flexibility index (Phi) is 5.53. The highest BCUT2D eigenvalue weighted by Crippen LogP contribution is 2.24. The summed E-state index contributed by atoms with van der Waals surface area (Å²) in [7, 11) is 0. The van der Waals surface area contributed by atoms with Crippen LogP contribution >= 0.6 is 0 Å². The van der Waals surface area contributed by atoms with Gasteiger partial charge in [-0.15, -0.1) is 0 Å². The van der Waals surface area contributed by atoms with E-state index in [1.807, 2.05) is 6.92 Å². The van der Waals surface area contributed by atoms with Crippen molar-refractivity contribution in [3.8, 4) is 5.75 Å². The zero-order valence-corrected chi connectivity index (χ0v) is 15.0. The van der Waals surface area contributed by atoms with E-state index in [9.17, 15) is 14.4 Å². The van der Waals surface area contributed by atoms with Crippen LogP contribution in [0.4, 0.5) is 5.69 Å². The summed E-state index contributed by atoms with van der Waals surface area (Å²) in [5.41, 5.74) is 5.84. The van der Waals surface area contributed by atoms with Gasteiger partial charge in [-0.25, -0.2) is 4.90 Å². The monoisotopic (exact) mass is 362 g/mol. The van der Waals surface area contributed by atoms with E-state index in [2.05, 4.69) is 0 Å². The molecule has 2 aliphatic rings. The summed E-state index contributed by atoms with van der Waals surface area (Å²) in [6.07, 6.45) is 0.229. The number of nitrogens with two attached hydrogens (primary N) is 1. The Morgan fingerprint density at radius 2 is 1.85 bits per heavy atom. The van der Waals surface area contributed by atoms with Crippen LogP contribution in [0, 0.1) is 0 Å². The van der Waals surface area contributed by atoms with Gasteiger partial charge in [0, 0.05) is 0 Å². The third-order valence-corrected chi connectivity index (χ3v) is 5.07. The largest absolute Gasteiger partial charge is 0.494 e. The van der Waals surface area contributed by atoms with Crippen molar-refractivity contribution in [1.82, 2.24) is 0 Å². The van der Waals surface area contributed by atoms with E-state index < -0.39 is 0 Å². The first-order chi connectivity index (χ1) is 12.5.